The minimum Gasteiger partial charge on any atom is -0.444 e. The van der Waals surface area contributed by atoms with Crippen molar-refractivity contribution in [3.05, 3.63) is 34.9 Å². The minimum absolute atomic E-state index is 0.0443. The number of halogens is 1. The van der Waals surface area contributed by atoms with Crippen LogP contribution in [0.2, 0.25) is 5.02 Å². The topological polar surface area (TPSA) is 84.9 Å². The van der Waals surface area contributed by atoms with Gasteiger partial charge in [0.2, 0.25) is 7.37 Å². The number of rotatable bonds is 7. The van der Waals surface area contributed by atoms with E-state index in [2.05, 4.69) is 5.32 Å². The summed E-state index contributed by atoms with van der Waals surface area (Å²) >= 11 is 5.90. The lowest BCUT2D eigenvalue weighted by atomic mass is 10.00. The maximum atomic E-state index is 12.6. The van der Waals surface area contributed by atoms with Gasteiger partial charge < -0.3 is 19.7 Å². The maximum absolute atomic E-state index is 12.6. The molecule has 0 heterocycles. The highest BCUT2D eigenvalue weighted by Gasteiger charge is 2.35. The number of hydrogen-bond donors (Lipinski definition) is 2. The number of aliphatic hydroxyl groups is 1. The molecule has 0 aromatic heterocycles. The number of benzene rings is 1. The van der Waals surface area contributed by atoms with Gasteiger partial charge in [-0.1, -0.05) is 23.7 Å². The highest BCUT2D eigenvalue weighted by atomic mass is 35.5. The van der Waals surface area contributed by atoms with E-state index >= 15 is 0 Å². The van der Waals surface area contributed by atoms with E-state index in [4.69, 9.17) is 20.9 Å². The largest absolute Gasteiger partial charge is 0.444 e. The summed E-state index contributed by atoms with van der Waals surface area (Å²) in [5.74, 6) is -1.91. The Morgan fingerprint density at radius 1 is 1.32 bits per heavy atom. The molecule has 0 aliphatic carbocycles. The second-order valence-corrected chi connectivity index (χ2v) is 9.82. The summed E-state index contributed by atoms with van der Waals surface area (Å²) in [6.07, 6.45) is -0.610. The van der Waals surface area contributed by atoms with Crippen LogP contribution >= 0.6 is 19.0 Å². The smallest absolute Gasteiger partial charge is 0.407 e. The summed E-state index contributed by atoms with van der Waals surface area (Å²) in [7, 11) is -3.29. The number of nitrogens with one attached hydrogen (secondary N) is 1. The molecule has 1 aromatic rings. The van der Waals surface area contributed by atoms with Crippen LogP contribution < -0.4 is 5.32 Å². The second-order valence-electron chi connectivity index (χ2n) is 6.78. The third kappa shape index (κ3) is 7.37. The molecular weight excluding hydrogens is 365 g/mol. The van der Waals surface area contributed by atoms with Gasteiger partial charge in [0.1, 0.15) is 11.4 Å². The molecule has 2 N–H and O–H groups in total. The van der Waals surface area contributed by atoms with Crippen LogP contribution in [0.3, 0.4) is 0 Å². The third-order valence-electron chi connectivity index (χ3n) is 3.39. The average Bonchev–Trinajstić information content (AvgIpc) is 2.47. The molecule has 1 amide bonds. The van der Waals surface area contributed by atoms with Gasteiger partial charge in [0.25, 0.3) is 0 Å². The van der Waals surface area contributed by atoms with Crippen LogP contribution in [0.25, 0.3) is 0 Å². The summed E-state index contributed by atoms with van der Waals surface area (Å²) in [4.78, 5) is 11.9. The Labute approximate surface area is 154 Å². The van der Waals surface area contributed by atoms with Gasteiger partial charge in [-0.15, -0.1) is 0 Å². The fourth-order valence-corrected chi connectivity index (χ4v) is 4.00. The Kier molecular flexibility index (Phi) is 7.94. The molecule has 0 spiro atoms. The van der Waals surface area contributed by atoms with E-state index in [0.29, 0.717) is 10.6 Å². The Morgan fingerprint density at radius 3 is 2.36 bits per heavy atom. The van der Waals surface area contributed by atoms with Crippen LogP contribution in [0.1, 0.15) is 39.2 Å². The highest BCUT2D eigenvalue weighted by Crippen LogP contribution is 2.51. The average molecular weight is 392 g/mol. The van der Waals surface area contributed by atoms with Gasteiger partial charge in [-0.2, -0.15) is 0 Å². The zero-order valence-corrected chi connectivity index (χ0v) is 16.9. The van der Waals surface area contributed by atoms with Crippen LogP contribution in [0.5, 0.6) is 0 Å². The number of carbonyl (C=O) groups is 1. The number of hydrogen-bond acceptors (Lipinski definition) is 5. The quantitative estimate of drug-likeness (QED) is 0.680. The van der Waals surface area contributed by atoms with Gasteiger partial charge in [0, 0.05) is 24.2 Å². The number of amides is 1. The Bertz CT molecular complexity index is 614. The first-order valence-corrected chi connectivity index (χ1v) is 10.6. The molecule has 25 heavy (non-hydrogen) atoms. The van der Waals surface area contributed by atoms with Crippen LogP contribution in [-0.2, 0) is 13.8 Å². The molecule has 0 saturated carbocycles. The van der Waals surface area contributed by atoms with Crippen molar-refractivity contribution in [1.82, 2.24) is 5.32 Å². The van der Waals surface area contributed by atoms with E-state index in [-0.39, 0.29) is 13.2 Å². The Morgan fingerprint density at radius 2 is 1.88 bits per heavy atom. The van der Waals surface area contributed by atoms with Crippen molar-refractivity contribution in [2.75, 3.05) is 19.8 Å². The van der Waals surface area contributed by atoms with Crippen LogP contribution in [0.4, 0.5) is 4.79 Å². The zero-order chi connectivity index (χ0) is 19.3. The summed E-state index contributed by atoms with van der Waals surface area (Å²) in [6, 6.07) is 6.79. The molecule has 3 unspecified atom stereocenters. The van der Waals surface area contributed by atoms with Crippen molar-refractivity contribution in [3.63, 3.8) is 0 Å². The van der Waals surface area contributed by atoms with E-state index in [1.165, 1.54) is 6.66 Å². The van der Waals surface area contributed by atoms with Crippen LogP contribution in [-0.4, -0.2) is 42.5 Å². The second kappa shape index (κ2) is 9.04. The standard InChI is InChI=1S/C17H27ClNO5P/c1-6-23-25(5,22)15(20)14(12-7-9-13(18)10-8-12)11-19-16(21)24-17(2,3)4/h7-10,14-15,20H,6,11H2,1-5H3,(H,19,21). The number of aliphatic hydroxyl groups excluding tert-OH is 1. The maximum Gasteiger partial charge on any atom is 0.407 e. The van der Waals surface area contributed by atoms with Gasteiger partial charge in [0.05, 0.1) is 6.61 Å². The molecule has 142 valence electrons. The molecule has 1 aromatic carbocycles. The first kappa shape index (κ1) is 22.0. The lowest BCUT2D eigenvalue weighted by Crippen LogP contribution is -2.37. The van der Waals surface area contributed by atoms with Gasteiger partial charge in [-0.3, -0.25) is 4.57 Å². The van der Waals surface area contributed by atoms with Crippen molar-refractivity contribution in [1.29, 1.82) is 0 Å². The molecule has 0 bridgehead atoms. The molecule has 1 rings (SSSR count). The number of alkyl carbamates (subject to hydrolysis) is 1. The van der Waals surface area contributed by atoms with Gasteiger partial charge in [-0.05, 0) is 45.4 Å². The van der Waals surface area contributed by atoms with Gasteiger partial charge in [0.15, 0.2) is 0 Å². The van der Waals surface area contributed by atoms with Crippen molar-refractivity contribution < 1.29 is 23.7 Å². The normalized spacial score (nSPS) is 16.6. The molecule has 0 aliphatic rings. The van der Waals surface area contributed by atoms with E-state index in [0.717, 1.165) is 0 Å². The van der Waals surface area contributed by atoms with Crippen molar-refractivity contribution >= 4 is 25.1 Å². The molecule has 3 atom stereocenters. The molecular formula is C17H27ClNO5P. The van der Waals surface area contributed by atoms with Crippen molar-refractivity contribution in [2.45, 2.75) is 45.1 Å². The van der Waals surface area contributed by atoms with Crippen LogP contribution in [0, 0.1) is 0 Å². The summed E-state index contributed by atoms with van der Waals surface area (Å²) in [5.41, 5.74) is 0.0545. The molecule has 0 aliphatic heterocycles. The monoisotopic (exact) mass is 391 g/mol. The predicted molar refractivity (Wildman–Crippen MR) is 99.6 cm³/mol. The van der Waals surface area contributed by atoms with Crippen molar-refractivity contribution in [2.24, 2.45) is 0 Å². The van der Waals surface area contributed by atoms with Crippen molar-refractivity contribution in [3.8, 4) is 0 Å². The summed E-state index contributed by atoms with van der Waals surface area (Å²) in [6.45, 7) is 8.63. The Balaban J connectivity index is 2.98. The summed E-state index contributed by atoms with van der Waals surface area (Å²) in [5, 5.41) is 13.8. The first-order chi connectivity index (χ1) is 11.5. The lowest BCUT2D eigenvalue weighted by Gasteiger charge is -2.28. The SMILES string of the molecule is CCOP(C)(=O)C(O)C(CNC(=O)OC(C)(C)C)c1ccc(Cl)cc1. The molecule has 0 fully saturated rings. The van der Waals surface area contributed by atoms with Gasteiger partial charge >= 0.3 is 6.09 Å². The third-order valence-corrected chi connectivity index (χ3v) is 5.73. The fraction of sp³-hybridized carbons (Fsp3) is 0.588. The molecule has 0 saturated heterocycles. The summed E-state index contributed by atoms with van der Waals surface area (Å²) < 4.78 is 23.1. The zero-order valence-electron chi connectivity index (χ0n) is 15.3. The van der Waals surface area contributed by atoms with Gasteiger partial charge in [-0.25, -0.2) is 4.79 Å². The van der Waals surface area contributed by atoms with Crippen LogP contribution in [0.15, 0.2) is 24.3 Å². The minimum atomic E-state index is -3.29. The number of carbonyl (C=O) groups excluding carboxylic acids is 1. The Hall–Kier alpha value is -1.07. The first-order valence-electron chi connectivity index (χ1n) is 8.08. The molecule has 8 heteroatoms. The highest BCUT2D eigenvalue weighted by molar-refractivity contribution is 7.58. The fourth-order valence-electron chi connectivity index (χ4n) is 2.27. The molecule has 6 nitrogen and oxygen atoms in total. The van der Waals surface area contributed by atoms with E-state index in [1.54, 1.807) is 52.0 Å². The predicted octanol–water partition coefficient (Wildman–Crippen LogP) is 4.21. The van der Waals surface area contributed by atoms with E-state index < -0.39 is 30.8 Å². The molecule has 0 radical (unpaired) electrons. The number of ether oxygens (including phenoxy) is 1. The van der Waals surface area contributed by atoms with E-state index in [1.807, 2.05) is 0 Å². The lowest BCUT2D eigenvalue weighted by molar-refractivity contribution is 0.0516. The van der Waals surface area contributed by atoms with E-state index in [9.17, 15) is 14.5 Å².